The van der Waals surface area contributed by atoms with Gasteiger partial charge in [0.2, 0.25) is 0 Å². The number of halogens is 1. The summed E-state index contributed by atoms with van der Waals surface area (Å²) in [6.45, 7) is 0. The van der Waals surface area contributed by atoms with Crippen molar-refractivity contribution in [2.24, 2.45) is 0 Å². The molecule has 0 radical (unpaired) electrons. The van der Waals surface area contributed by atoms with Crippen LogP contribution in [-0.4, -0.2) is 23.4 Å². The number of hydrogen-bond acceptors (Lipinski definition) is 4. The van der Waals surface area contributed by atoms with E-state index in [0.717, 1.165) is 12.1 Å². The van der Waals surface area contributed by atoms with E-state index >= 15 is 0 Å². The maximum atomic E-state index is 12.5. The van der Waals surface area contributed by atoms with Gasteiger partial charge in [-0.15, -0.1) is 3.89 Å². The first-order valence-electron chi connectivity index (χ1n) is 3.99. The predicted molar refractivity (Wildman–Crippen MR) is 49.7 cm³/mol. The molecule has 1 aromatic carbocycles. The molecule has 78 valence electrons. The highest BCUT2D eigenvalue weighted by molar-refractivity contribution is 7.86. The maximum absolute atomic E-state index is 12.5. The Morgan fingerprint density at radius 1 is 1.07 bits per heavy atom. The van der Waals surface area contributed by atoms with Gasteiger partial charge >= 0.3 is 10.2 Å². The molecule has 0 aliphatic heterocycles. The Morgan fingerprint density at radius 2 is 1.60 bits per heavy atom. The molecule has 5 nitrogen and oxygen atoms in total. The van der Waals surface area contributed by atoms with Gasteiger partial charge < -0.3 is 0 Å². The molecular weight excluding hydrogens is 221 g/mol. The predicted octanol–water partition coefficient (Wildman–Crippen LogP) is 0.925. The van der Waals surface area contributed by atoms with Crippen molar-refractivity contribution in [1.82, 2.24) is 15.0 Å². The highest BCUT2D eigenvalue weighted by atomic mass is 32.3. The van der Waals surface area contributed by atoms with Gasteiger partial charge in [0.05, 0.1) is 23.0 Å². The second-order valence-corrected chi connectivity index (χ2v) is 4.10. The fourth-order valence-electron chi connectivity index (χ4n) is 1.09. The molecule has 0 saturated carbocycles. The van der Waals surface area contributed by atoms with E-state index in [-0.39, 0.29) is 4.90 Å². The largest absolute Gasteiger partial charge is 0.332 e. The van der Waals surface area contributed by atoms with E-state index in [1.807, 2.05) is 0 Å². The molecule has 2 rings (SSSR count). The summed E-state index contributed by atoms with van der Waals surface area (Å²) in [4.78, 5) is 0.924. The Balaban J connectivity index is 2.42. The van der Waals surface area contributed by atoms with Gasteiger partial charge in [0, 0.05) is 0 Å². The Morgan fingerprint density at radius 3 is 2.07 bits per heavy atom. The van der Waals surface area contributed by atoms with Crippen molar-refractivity contribution in [2.75, 3.05) is 0 Å². The molecule has 2 aromatic rings. The van der Waals surface area contributed by atoms with E-state index in [0.29, 0.717) is 5.69 Å². The van der Waals surface area contributed by atoms with Crippen LogP contribution in [-0.2, 0) is 10.2 Å². The molecule has 0 amide bonds. The van der Waals surface area contributed by atoms with E-state index < -0.39 is 10.2 Å². The molecular formula is C8H6FN3O2S. The van der Waals surface area contributed by atoms with Gasteiger partial charge in [-0.05, 0) is 24.3 Å². The van der Waals surface area contributed by atoms with E-state index in [2.05, 4.69) is 10.2 Å². The minimum Gasteiger partial charge on any atom is -0.189 e. The number of aromatic nitrogens is 3. The lowest BCUT2D eigenvalue weighted by Gasteiger charge is -1.99. The van der Waals surface area contributed by atoms with Crippen LogP contribution >= 0.6 is 0 Å². The van der Waals surface area contributed by atoms with Crippen molar-refractivity contribution in [2.45, 2.75) is 4.90 Å². The third kappa shape index (κ3) is 2.01. The normalized spacial score (nSPS) is 11.5. The standard InChI is InChI=1S/C8H6FN3O2S/c9-15(13,14)8-3-1-7(2-4-8)12-10-5-6-11-12/h1-6H. The third-order valence-corrected chi connectivity index (χ3v) is 2.60. The van der Waals surface area contributed by atoms with E-state index in [9.17, 15) is 12.3 Å². The van der Waals surface area contributed by atoms with Gasteiger partial charge in [0.25, 0.3) is 0 Å². The molecule has 1 heterocycles. The number of hydrogen-bond donors (Lipinski definition) is 0. The first kappa shape index (κ1) is 9.78. The van der Waals surface area contributed by atoms with Crippen LogP contribution in [0.5, 0.6) is 0 Å². The summed E-state index contributed by atoms with van der Waals surface area (Å²) < 4.78 is 33.6. The minimum absolute atomic E-state index is 0.376. The van der Waals surface area contributed by atoms with Crippen LogP contribution < -0.4 is 0 Å². The first-order chi connectivity index (χ1) is 7.07. The van der Waals surface area contributed by atoms with E-state index in [1.165, 1.54) is 29.3 Å². The van der Waals surface area contributed by atoms with Crippen molar-refractivity contribution in [1.29, 1.82) is 0 Å². The maximum Gasteiger partial charge on any atom is 0.332 e. The Kier molecular flexibility index (Phi) is 2.24. The SMILES string of the molecule is O=S(=O)(F)c1ccc(-n2nccn2)cc1. The summed E-state index contributed by atoms with van der Waals surface area (Å²) in [5.74, 6) is 0. The fourth-order valence-corrected chi connectivity index (χ4v) is 1.55. The summed E-state index contributed by atoms with van der Waals surface area (Å²) in [5, 5.41) is 7.68. The van der Waals surface area contributed by atoms with Gasteiger partial charge in [0.1, 0.15) is 0 Å². The molecule has 0 unspecified atom stereocenters. The zero-order valence-electron chi connectivity index (χ0n) is 7.41. The molecule has 0 N–H and O–H groups in total. The molecule has 1 aromatic heterocycles. The quantitative estimate of drug-likeness (QED) is 0.716. The van der Waals surface area contributed by atoms with Gasteiger partial charge in [-0.1, -0.05) is 0 Å². The molecule has 0 fully saturated rings. The fraction of sp³-hybridized carbons (Fsp3) is 0. The van der Waals surface area contributed by atoms with Crippen LogP contribution in [0.2, 0.25) is 0 Å². The second kappa shape index (κ2) is 3.43. The molecule has 0 aliphatic carbocycles. The van der Waals surface area contributed by atoms with Crippen LogP contribution in [0.4, 0.5) is 3.89 Å². The number of rotatable bonds is 2. The van der Waals surface area contributed by atoms with Crippen molar-refractivity contribution in [3.05, 3.63) is 36.7 Å². The summed E-state index contributed by atoms with van der Waals surface area (Å²) in [6, 6.07) is 5.17. The lowest BCUT2D eigenvalue weighted by molar-refractivity contribution is 0.552. The molecule has 0 atom stereocenters. The smallest absolute Gasteiger partial charge is 0.189 e. The number of nitrogens with zero attached hydrogens (tertiary/aromatic N) is 3. The highest BCUT2D eigenvalue weighted by Crippen LogP contribution is 2.14. The third-order valence-electron chi connectivity index (χ3n) is 1.77. The van der Waals surface area contributed by atoms with Gasteiger partial charge in [-0.3, -0.25) is 0 Å². The minimum atomic E-state index is -4.64. The number of benzene rings is 1. The summed E-state index contributed by atoms with van der Waals surface area (Å²) in [7, 11) is -4.64. The van der Waals surface area contributed by atoms with Crippen LogP contribution in [0.15, 0.2) is 41.6 Å². The molecule has 7 heteroatoms. The monoisotopic (exact) mass is 227 g/mol. The molecule has 0 aliphatic rings. The first-order valence-corrected chi connectivity index (χ1v) is 5.37. The van der Waals surface area contributed by atoms with Crippen molar-refractivity contribution >= 4 is 10.2 Å². The van der Waals surface area contributed by atoms with Crippen LogP contribution in [0.25, 0.3) is 5.69 Å². The topological polar surface area (TPSA) is 64.8 Å². The van der Waals surface area contributed by atoms with Gasteiger partial charge in [-0.25, -0.2) is 0 Å². The molecule has 15 heavy (non-hydrogen) atoms. The lowest BCUT2D eigenvalue weighted by atomic mass is 10.3. The van der Waals surface area contributed by atoms with Crippen LogP contribution in [0.1, 0.15) is 0 Å². The Bertz CT molecular complexity index is 548. The van der Waals surface area contributed by atoms with Crippen molar-refractivity contribution < 1.29 is 12.3 Å². The van der Waals surface area contributed by atoms with Gasteiger partial charge in [0.15, 0.2) is 0 Å². The molecule has 0 saturated heterocycles. The van der Waals surface area contributed by atoms with E-state index in [1.54, 1.807) is 0 Å². The molecule has 0 spiro atoms. The zero-order valence-corrected chi connectivity index (χ0v) is 8.22. The van der Waals surface area contributed by atoms with Crippen LogP contribution in [0.3, 0.4) is 0 Å². The summed E-state index contributed by atoms with van der Waals surface area (Å²) >= 11 is 0. The summed E-state index contributed by atoms with van der Waals surface area (Å²) in [5.41, 5.74) is 0.562. The highest BCUT2D eigenvalue weighted by Gasteiger charge is 2.11. The van der Waals surface area contributed by atoms with Crippen LogP contribution in [0, 0.1) is 0 Å². The van der Waals surface area contributed by atoms with Crippen molar-refractivity contribution in [3.8, 4) is 5.69 Å². The molecule has 0 bridgehead atoms. The zero-order chi connectivity index (χ0) is 10.9. The lowest BCUT2D eigenvalue weighted by Crippen LogP contribution is -1.99. The van der Waals surface area contributed by atoms with Gasteiger partial charge in [-0.2, -0.15) is 23.4 Å². The Hall–Kier alpha value is -1.76. The second-order valence-electron chi connectivity index (χ2n) is 2.75. The van der Waals surface area contributed by atoms with Crippen molar-refractivity contribution in [3.63, 3.8) is 0 Å². The van der Waals surface area contributed by atoms with E-state index in [4.69, 9.17) is 0 Å². The Labute approximate surface area is 85.4 Å². The summed E-state index contributed by atoms with van der Waals surface area (Å²) in [6.07, 6.45) is 2.97. The average molecular weight is 227 g/mol. The average Bonchev–Trinajstić information content (AvgIpc) is 2.69.